The Morgan fingerprint density at radius 1 is 1.27 bits per heavy atom. The molecule has 1 aromatic heterocycles. The van der Waals surface area contributed by atoms with Crippen LogP contribution in [-0.2, 0) is 0 Å². The van der Waals surface area contributed by atoms with Crippen LogP contribution in [0, 0.1) is 5.41 Å². The smallest absolute Gasteiger partial charge is 0.0345 e. The summed E-state index contributed by atoms with van der Waals surface area (Å²) in [4.78, 5) is 1.45. The van der Waals surface area contributed by atoms with Crippen molar-refractivity contribution in [2.24, 2.45) is 11.1 Å². The SMILES string of the molecule is CC1(C)C(N)C1c1cc2ccccc2s1. The Kier molecular flexibility index (Phi) is 1.77. The van der Waals surface area contributed by atoms with Crippen molar-refractivity contribution in [3.63, 3.8) is 0 Å². The standard InChI is InChI=1S/C13H15NS/c1-13(2)11(12(13)14)10-7-8-5-3-4-6-9(8)15-10/h3-7,11-12H,14H2,1-2H3. The van der Waals surface area contributed by atoms with Crippen molar-refractivity contribution in [1.82, 2.24) is 0 Å². The fourth-order valence-electron chi connectivity index (χ4n) is 2.38. The van der Waals surface area contributed by atoms with E-state index in [4.69, 9.17) is 5.73 Å². The van der Waals surface area contributed by atoms with Crippen LogP contribution in [0.2, 0.25) is 0 Å². The third-order valence-electron chi connectivity index (χ3n) is 3.66. The Balaban J connectivity index is 2.07. The second-order valence-electron chi connectivity index (χ2n) is 5.01. The highest BCUT2D eigenvalue weighted by molar-refractivity contribution is 7.19. The molecule has 1 nitrogen and oxygen atoms in total. The Labute approximate surface area is 93.9 Å². The highest BCUT2D eigenvalue weighted by Crippen LogP contribution is 2.59. The van der Waals surface area contributed by atoms with E-state index in [1.54, 1.807) is 0 Å². The topological polar surface area (TPSA) is 26.0 Å². The Morgan fingerprint density at radius 3 is 2.53 bits per heavy atom. The van der Waals surface area contributed by atoms with Crippen LogP contribution in [0.5, 0.6) is 0 Å². The molecule has 3 rings (SSSR count). The van der Waals surface area contributed by atoms with Crippen molar-refractivity contribution in [2.75, 3.05) is 0 Å². The van der Waals surface area contributed by atoms with Crippen LogP contribution < -0.4 is 5.73 Å². The molecule has 1 fully saturated rings. The molecule has 2 N–H and O–H groups in total. The molecular formula is C13H15NS. The van der Waals surface area contributed by atoms with Gasteiger partial charge in [0.15, 0.2) is 0 Å². The van der Waals surface area contributed by atoms with Crippen molar-refractivity contribution in [3.8, 4) is 0 Å². The number of hydrogen-bond donors (Lipinski definition) is 1. The molecule has 78 valence electrons. The number of benzene rings is 1. The van der Waals surface area contributed by atoms with E-state index < -0.39 is 0 Å². The van der Waals surface area contributed by atoms with Gasteiger partial charge in [0.05, 0.1) is 0 Å². The first-order chi connectivity index (χ1) is 7.10. The van der Waals surface area contributed by atoms with Crippen LogP contribution in [-0.4, -0.2) is 6.04 Å². The normalized spacial score (nSPS) is 28.2. The van der Waals surface area contributed by atoms with E-state index in [1.807, 2.05) is 11.3 Å². The molecule has 1 saturated carbocycles. The predicted octanol–water partition coefficient (Wildman–Crippen LogP) is 3.35. The van der Waals surface area contributed by atoms with Gasteiger partial charge in [-0.25, -0.2) is 0 Å². The van der Waals surface area contributed by atoms with Crippen molar-refractivity contribution >= 4 is 21.4 Å². The van der Waals surface area contributed by atoms with Gasteiger partial charge in [0.2, 0.25) is 0 Å². The van der Waals surface area contributed by atoms with E-state index in [0.29, 0.717) is 17.4 Å². The monoisotopic (exact) mass is 217 g/mol. The maximum Gasteiger partial charge on any atom is 0.0345 e. The lowest BCUT2D eigenvalue weighted by Crippen LogP contribution is -2.06. The van der Waals surface area contributed by atoms with E-state index in [9.17, 15) is 0 Å². The van der Waals surface area contributed by atoms with Gasteiger partial charge in [-0.1, -0.05) is 32.0 Å². The minimum Gasteiger partial charge on any atom is -0.327 e. The summed E-state index contributed by atoms with van der Waals surface area (Å²) >= 11 is 1.89. The number of hydrogen-bond acceptors (Lipinski definition) is 2. The summed E-state index contributed by atoms with van der Waals surface area (Å²) in [5.74, 6) is 0.565. The first-order valence-electron chi connectivity index (χ1n) is 5.35. The lowest BCUT2D eigenvalue weighted by molar-refractivity contribution is 0.601. The van der Waals surface area contributed by atoms with Crippen LogP contribution in [0.4, 0.5) is 0 Å². The van der Waals surface area contributed by atoms with E-state index in [1.165, 1.54) is 15.0 Å². The molecule has 0 bridgehead atoms. The molecule has 1 aliphatic carbocycles. The highest BCUT2D eigenvalue weighted by Gasteiger charge is 2.56. The third kappa shape index (κ3) is 1.25. The second kappa shape index (κ2) is 2.83. The number of nitrogens with two attached hydrogens (primary N) is 1. The van der Waals surface area contributed by atoms with Gasteiger partial charge in [-0.2, -0.15) is 0 Å². The molecule has 1 aliphatic rings. The lowest BCUT2D eigenvalue weighted by Gasteiger charge is -1.97. The van der Waals surface area contributed by atoms with Crippen molar-refractivity contribution in [2.45, 2.75) is 25.8 Å². The molecule has 0 spiro atoms. The average Bonchev–Trinajstić information content (AvgIpc) is 2.61. The first kappa shape index (κ1) is 9.37. The Bertz CT molecular complexity index is 479. The third-order valence-corrected chi connectivity index (χ3v) is 4.86. The largest absolute Gasteiger partial charge is 0.327 e. The van der Waals surface area contributed by atoms with Gasteiger partial charge < -0.3 is 5.73 Å². The Hall–Kier alpha value is -0.860. The fourth-order valence-corrected chi connectivity index (χ4v) is 3.79. The molecule has 0 aliphatic heterocycles. The van der Waals surface area contributed by atoms with Crippen molar-refractivity contribution < 1.29 is 0 Å². The summed E-state index contributed by atoms with van der Waals surface area (Å²) in [7, 11) is 0. The molecule has 1 heterocycles. The van der Waals surface area contributed by atoms with Crippen molar-refractivity contribution in [1.29, 1.82) is 0 Å². The van der Waals surface area contributed by atoms with E-state index >= 15 is 0 Å². The molecular weight excluding hydrogens is 202 g/mol. The molecule has 0 saturated heterocycles. The molecule has 2 atom stereocenters. The van der Waals surface area contributed by atoms with E-state index in [-0.39, 0.29) is 0 Å². The second-order valence-corrected chi connectivity index (χ2v) is 6.13. The van der Waals surface area contributed by atoms with Gasteiger partial charge in [-0.15, -0.1) is 11.3 Å². The molecule has 2 heteroatoms. The van der Waals surface area contributed by atoms with Crippen LogP contribution >= 0.6 is 11.3 Å². The molecule has 1 aromatic carbocycles. The summed E-state index contributed by atoms with van der Waals surface area (Å²) in [6, 6.07) is 11.2. The summed E-state index contributed by atoms with van der Waals surface area (Å²) in [6.07, 6.45) is 0. The van der Waals surface area contributed by atoms with Gasteiger partial charge in [0, 0.05) is 21.5 Å². The average molecular weight is 217 g/mol. The first-order valence-corrected chi connectivity index (χ1v) is 6.16. The van der Waals surface area contributed by atoms with Crippen LogP contribution in [0.15, 0.2) is 30.3 Å². The van der Waals surface area contributed by atoms with Crippen LogP contribution in [0.25, 0.3) is 10.1 Å². The minimum atomic E-state index is 0.293. The van der Waals surface area contributed by atoms with Gasteiger partial charge in [0.1, 0.15) is 0 Å². The van der Waals surface area contributed by atoms with E-state index in [2.05, 4.69) is 44.2 Å². The van der Waals surface area contributed by atoms with Crippen LogP contribution in [0.3, 0.4) is 0 Å². The lowest BCUT2D eigenvalue weighted by atomic mass is 10.1. The summed E-state index contributed by atoms with van der Waals surface area (Å²) in [6.45, 7) is 4.51. The molecule has 2 unspecified atom stereocenters. The van der Waals surface area contributed by atoms with Gasteiger partial charge in [-0.3, -0.25) is 0 Å². The zero-order valence-electron chi connectivity index (χ0n) is 9.03. The molecule has 2 aromatic rings. The number of thiophene rings is 1. The van der Waals surface area contributed by atoms with Gasteiger partial charge in [-0.05, 0) is 22.9 Å². The molecule has 0 radical (unpaired) electrons. The highest BCUT2D eigenvalue weighted by atomic mass is 32.1. The quantitative estimate of drug-likeness (QED) is 0.779. The zero-order valence-corrected chi connectivity index (χ0v) is 9.84. The van der Waals surface area contributed by atoms with Crippen molar-refractivity contribution in [3.05, 3.63) is 35.2 Å². The molecule has 15 heavy (non-hydrogen) atoms. The van der Waals surface area contributed by atoms with Gasteiger partial charge >= 0.3 is 0 Å². The van der Waals surface area contributed by atoms with Crippen LogP contribution in [0.1, 0.15) is 24.6 Å². The summed E-state index contributed by atoms with van der Waals surface area (Å²) < 4.78 is 1.38. The minimum absolute atomic E-state index is 0.293. The number of fused-ring (bicyclic) bond motifs is 1. The van der Waals surface area contributed by atoms with Gasteiger partial charge in [0.25, 0.3) is 0 Å². The van der Waals surface area contributed by atoms with E-state index in [0.717, 1.165) is 0 Å². The number of rotatable bonds is 1. The fraction of sp³-hybridized carbons (Fsp3) is 0.385. The maximum absolute atomic E-state index is 6.10. The Morgan fingerprint density at radius 2 is 1.93 bits per heavy atom. The maximum atomic E-state index is 6.10. The summed E-state index contributed by atoms with van der Waals surface area (Å²) in [5.41, 5.74) is 6.40. The predicted molar refractivity (Wildman–Crippen MR) is 66.3 cm³/mol. The zero-order chi connectivity index (χ0) is 10.6. The summed E-state index contributed by atoms with van der Waals surface area (Å²) in [5, 5.41) is 1.35. The molecule has 0 amide bonds.